The molecule has 0 aliphatic carbocycles. The quantitative estimate of drug-likeness (QED) is 0.847. The number of amides is 1. The number of benzene rings is 1. The molecule has 1 aliphatic rings. The predicted octanol–water partition coefficient (Wildman–Crippen LogP) is 2.91. The molecule has 23 heavy (non-hydrogen) atoms. The summed E-state index contributed by atoms with van der Waals surface area (Å²) < 4.78 is 0. The van der Waals surface area contributed by atoms with Crippen molar-refractivity contribution < 1.29 is 9.59 Å². The lowest BCUT2D eigenvalue weighted by Crippen LogP contribution is -2.27. The number of rotatable bonds is 5. The summed E-state index contributed by atoms with van der Waals surface area (Å²) in [6, 6.07) is 8.20. The molecular weight excluding hydrogens is 308 g/mol. The van der Waals surface area contributed by atoms with Crippen molar-refractivity contribution in [2.45, 2.75) is 19.8 Å². The Morgan fingerprint density at radius 3 is 3.00 bits per heavy atom. The molecule has 0 radical (unpaired) electrons. The van der Waals surface area contributed by atoms with Crippen molar-refractivity contribution >= 4 is 33.6 Å². The maximum atomic E-state index is 12.1. The summed E-state index contributed by atoms with van der Waals surface area (Å²) in [6.45, 7) is 3.06. The molecule has 1 saturated heterocycles. The first kappa shape index (κ1) is 16.0. The van der Waals surface area contributed by atoms with E-state index in [-0.39, 0.29) is 11.0 Å². The van der Waals surface area contributed by atoms with E-state index in [0.717, 1.165) is 30.6 Å². The van der Waals surface area contributed by atoms with Crippen LogP contribution in [-0.2, 0) is 16.0 Å². The first-order chi connectivity index (χ1) is 11.1. The van der Waals surface area contributed by atoms with Gasteiger partial charge in [0.25, 0.3) is 0 Å². The van der Waals surface area contributed by atoms with Gasteiger partial charge in [-0.15, -0.1) is 0 Å². The number of thioether (sulfide) groups is 1. The Morgan fingerprint density at radius 1 is 1.35 bits per heavy atom. The van der Waals surface area contributed by atoms with E-state index in [2.05, 4.69) is 17.1 Å². The van der Waals surface area contributed by atoms with Crippen LogP contribution in [0.5, 0.6) is 0 Å². The Balaban J connectivity index is 1.61. The van der Waals surface area contributed by atoms with Crippen LogP contribution in [0.4, 0.5) is 0 Å². The van der Waals surface area contributed by atoms with Gasteiger partial charge in [0, 0.05) is 50.0 Å². The molecule has 2 heterocycles. The van der Waals surface area contributed by atoms with Crippen molar-refractivity contribution in [2.75, 3.05) is 18.8 Å². The van der Waals surface area contributed by atoms with Crippen molar-refractivity contribution in [2.24, 2.45) is 5.92 Å². The predicted molar refractivity (Wildman–Crippen MR) is 93.3 cm³/mol. The van der Waals surface area contributed by atoms with Crippen LogP contribution in [-0.4, -0.2) is 39.7 Å². The molecule has 1 atom stereocenters. The fraction of sp³-hybridized carbons (Fsp3) is 0.389. The molecule has 0 spiro atoms. The third-order valence-electron chi connectivity index (χ3n) is 4.22. The minimum Gasteiger partial charge on any atom is -0.342 e. The van der Waals surface area contributed by atoms with E-state index in [9.17, 15) is 9.59 Å². The van der Waals surface area contributed by atoms with Crippen LogP contribution in [0.1, 0.15) is 18.9 Å². The normalized spacial score (nSPS) is 17.9. The molecule has 0 saturated carbocycles. The topological polar surface area (TPSA) is 50.3 Å². The third-order valence-corrected chi connectivity index (χ3v) is 5.26. The number of carbonyl (C=O) groups excluding carboxylic acids is 2. The van der Waals surface area contributed by atoms with Crippen LogP contribution in [0.25, 0.3) is 10.8 Å². The highest BCUT2D eigenvalue weighted by Crippen LogP contribution is 2.23. The van der Waals surface area contributed by atoms with Crippen LogP contribution in [0, 0.1) is 5.92 Å². The number of fused-ring (bicyclic) bond motifs is 1. The van der Waals surface area contributed by atoms with Crippen molar-refractivity contribution in [1.29, 1.82) is 0 Å². The van der Waals surface area contributed by atoms with Gasteiger partial charge in [-0.25, -0.2) is 0 Å². The van der Waals surface area contributed by atoms with Crippen LogP contribution in [0.2, 0.25) is 0 Å². The largest absolute Gasteiger partial charge is 0.342 e. The summed E-state index contributed by atoms with van der Waals surface area (Å²) in [5.41, 5.74) is 1.18. The van der Waals surface area contributed by atoms with Gasteiger partial charge in [0.05, 0.1) is 0 Å². The summed E-state index contributed by atoms with van der Waals surface area (Å²) in [5.74, 6) is 1.24. The lowest BCUT2D eigenvalue weighted by molar-refractivity contribution is -0.127. The van der Waals surface area contributed by atoms with E-state index in [0.29, 0.717) is 12.3 Å². The van der Waals surface area contributed by atoms with Gasteiger partial charge in [-0.2, -0.15) is 0 Å². The first-order valence-electron chi connectivity index (χ1n) is 7.86. The van der Waals surface area contributed by atoms with Crippen molar-refractivity contribution in [3.8, 4) is 0 Å². The molecular formula is C18H20N2O2S. The average Bonchev–Trinajstić information content (AvgIpc) is 2.91. The molecule has 1 aromatic carbocycles. The maximum Gasteiger partial charge on any atom is 0.222 e. The number of hydrogen-bond donors (Lipinski definition) is 0. The standard InChI is InChI=1S/C18H20N2O2S/c1-13(21)23-12-14-8-18(22)20(11-14)7-6-16-10-19-9-15-4-2-3-5-17(15)16/h2-5,9-10,14H,6-8,11-12H2,1H3. The number of nitrogens with zero attached hydrogens (tertiary/aromatic N) is 2. The summed E-state index contributed by atoms with van der Waals surface area (Å²) in [7, 11) is 0. The van der Waals surface area contributed by atoms with E-state index >= 15 is 0 Å². The zero-order chi connectivity index (χ0) is 16.2. The van der Waals surface area contributed by atoms with Gasteiger partial charge in [0.1, 0.15) is 0 Å². The lowest BCUT2D eigenvalue weighted by Gasteiger charge is -2.17. The smallest absolute Gasteiger partial charge is 0.222 e. The summed E-state index contributed by atoms with van der Waals surface area (Å²) in [5, 5.41) is 2.46. The fourth-order valence-electron chi connectivity index (χ4n) is 3.05. The lowest BCUT2D eigenvalue weighted by atomic mass is 10.1. The second-order valence-electron chi connectivity index (χ2n) is 5.98. The molecule has 3 rings (SSSR count). The minimum atomic E-state index is 0.123. The molecule has 1 unspecified atom stereocenters. The Morgan fingerprint density at radius 2 is 2.17 bits per heavy atom. The van der Waals surface area contributed by atoms with E-state index in [1.54, 1.807) is 6.92 Å². The second-order valence-corrected chi connectivity index (χ2v) is 7.18. The SMILES string of the molecule is CC(=O)SCC1CC(=O)N(CCc2cncc3ccccc23)C1. The molecule has 0 N–H and O–H groups in total. The highest BCUT2D eigenvalue weighted by atomic mass is 32.2. The van der Waals surface area contributed by atoms with Gasteiger partial charge in [0.15, 0.2) is 5.12 Å². The minimum absolute atomic E-state index is 0.123. The molecule has 1 amide bonds. The van der Waals surface area contributed by atoms with Crippen molar-refractivity contribution in [3.05, 3.63) is 42.2 Å². The zero-order valence-corrected chi connectivity index (χ0v) is 14.0. The van der Waals surface area contributed by atoms with Gasteiger partial charge in [0.2, 0.25) is 5.91 Å². The fourth-order valence-corrected chi connectivity index (χ4v) is 3.74. The highest BCUT2D eigenvalue weighted by Gasteiger charge is 2.29. The van der Waals surface area contributed by atoms with E-state index in [1.807, 2.05) is 29.4 Å². The van der Waals surface area contributed by atoms with Crippen LogP contribution >= 0.6 is 11.8 Å². The summed E-state index contributed by atoms with van der Waals surface area (Å²) in [4.78, 5) is 29.4. The number of pyridine rings is 1. The van der Waals surface area contributed by atoms with Crippen LogP contribution in [0.3, 0.4) is 0 Å². The zero-order valence-electron chi connectivity index (χ0n) is 13.2. The maximum absolute atomic E-state index is 12.1. The third kappa shape index (κ3) is 3.91. The summed E-state index contributed by atoms with van der Waals surface area (Å²) in [6.07, 6.45) is 5.14. The number of hydrogen-bond acceptors (Lipinski definition) is 4. The van der Waals surface area contributed by atoms with Gasteiger partial charge >= 0.3 is 0 Å². The van der Waals surface area contributed by atoms with E-state index < -0.39 is 0 Å². The molecule has 120 valence electrons. The number of likely N-dealkylation sites (tertiary alicyclic amines) is 1. The van der Waals surface area contributed by atoms with Gasteiger partial charge < -0.3 is 4.90 Å². The number of carbonyl (C=O) groups is 2. The molecule has 1 aromatic heterocycles. The van der Waals surface area contributed by atoms with Crippen LogP contribution in [0.15, 0.2) is 36.7 Å². The Bertz CT molecular complexity index is 727. The highest BCUT2D eigenvalue weighted by molar-refractivity contribution is 8.13. The Kier molecular flexibility index (Phi) is 4.96. The molecule has 0 bridgehead atoms. The summed E-state index contributed by atoms with van der Waals surface area (Å²) >= 11 is 1.32. The van der Waals surface area contributed by atoms with E-state index in [4.69, 9.17) is 0 Å². The average molecular weight is 328 g/mol. The molecule has 2 aromatic rings. The monoisotopic (exact) mass is 328 g/mol. The number of aromatic nitrogens is 1. The van der Waals surface area contributed by atoms with Crippen molar-refractivity contribution in [1.82, 2.24) is 9.88 Å². The van der Waals surface area contributed by atoms with Gasteiger partial charge in [-0.05, 0) is 23.3 Å². The molecule has 1 fully saturated rings. The Labute approximate surface area is 140 Å². The Hall–Kier alpha value is -1.88. The molecule has 5 heteroatoms. The first-order valence-corrected chi connectivity index (χ1v) is 8.85. The van der Waals surface area contributed by atoms with Crippen LogP contribution < -0.4 is 0 Å². The van der Waals surface area contributed by atoms with E-state index in [1.165, 1.54) is 22.7 Å². The molecule has 1 aliphatic heterocycles. The van der Waals surface area contributed by atoms with Gasteiger partial charge in [-0.3, -0.25) is 14.6 Å². The van der Waals surface area contributed by atoms with Crippen molar-refractivity contribution in [3.63, 3.8) is 0 Å². The molecule has 4 nitrogen and oxygen atoms in total. The second kappa shape index (κ2) is 7.13. The van der Waals surface area contributed by atoms with Gasteiger partial charge in [-0.1, -0.05) is 36.0 Å².